The van der Waals surface area contributed by atoms with Gasteiger partial charge < -0.3 is 10.1 Å². The molecule has 0 aliphatic rings. The number of aryl methyl sites for hydroxylation is 2. The lowest BCUT2D eigenvalue weighted by atomic mass is 10.3. The molecule has 0 amide bonds. The SMILES string of the molecule is COc1ccc(NCc2c(Cl)c(C)nn2C)cc1Br. The van der Waals surface area contributed by atoms with E-state index in [-0.39, 0.29) is 0 Å². The van der Waals surface area contributed by atoms with Crippen LogP contribution < -0.4 is 10.1 Å². The third-order valence-corrected chi connectivity index (χ3v) is 3.98. The average molecular weight is 345 g/mol. The van der Waals surface area contributed by atoms with Crippen LogP contribution in [0.2, 0.25) is 5.02 Å². The molecule has 0 bridgehead atoms. The van der Waals surface area contributed by atoms with E-state index in [1.165, 1.54) is 0 Å². The number of aromatic nitrogens is 2. The van der Waals surface area contributed by atoms with E-state index in [4.69, 9.17) is 16.3 Å². The van der Waals surface area contributed by atoms with Crippen molar-refractivity contribution >= 4 is 33.2 Å². The summed E-state index contributed by atoms with van der Waals surface area (Å²) in [4.78, 5) is 0. The molecule has 6 heteroatoms. The molecule has 0 saturated heterocycles. The van der Waals surface area contributed by atoms with Crippen molar-refractivity contribution in [1.29, 1.82) is 0 Å². The Hall–Kier alpha value is -1.20. The van der Waals surface area contributed by atoms with E-state index >= 15 is 0 Å². The number of anilines is 1. The summed E-state index contributed by atoms with van der Waals surface area (Å²) in [5, 5.41) is 8.31. The van der Waals surface area contributed by atoms with E-state index in [9.17, 15) is 0 Å². The van der Waals surface area contributed by atoms with Crippen molar-refractivity contribution in [3.8, 4) is 5.75 Å². The number of nitrogens with zero attached hydrogens (tertiary/aromatic N) is 2. The standard InChI is InChI=1S/C13H15BrClN3O/c1-8-13(15)11(18(2)17-8)7-16-9-4-5-12(19-3)10(14)6-9/h4-6,16H,7H2,1-3H3. The quantitative estimate of drug-likeness (QED) is 0.918. The summed E-state index contributed by atoms with van der Waals surface area (Å²) in [5.41, 5.74) is 2.80. The minimum atomic E-state index is 0.620. The lowest BCUT2D eigenvalue weighted by molar-refractivity contribution is 0.412. The molecule has 0 radical (unpaired) electrons. The van der Waals surface area contributed by atoms with Gasteiger partial charge in [-0.05, 0) is 41.1 Å². The number of hydrogen-bond acceptors (Lipinski definition) is 3. The van der Waals surface area contributed by atoms with Gasteiger partial charge in [-0.25, -0.2) is 0 Å². The van der Waals surface area contributed by atoms with Crippen LogP contribution in [0.25, 0.3) is 0 Å². The van der Waals surface area contributed by atoms with Crippen LogP contribution in [0.5, 0.6) is 5.75 Å². The molecule has 1 aromatic carbocycles. The van der Waals surface area contributed by atoms with Crippen molar-refractivity contribution in [2.75, 3.05) is 12.4 Å². The summed E-state index contributed by atoms with van der Waals surface area (Å²) in [6.45, 7) is 2.52. The van der Waals surface area contributed by atoms with Gasteiger partial charge in [0.05, 0.1) is 34.5 Å². The molecule has 0 unspecified atom stereocenters. The zero-order valence-corrected chi connectivity index (χ0v) is 13.3. The van der Waals surface area contributed by atoms with Crippen molar-refractivity contribution in [3.63, 3.8) is 0 Å². The lowest BCUT2D eigenvalue weighted by Gasteiger charge is -2.09. The molecule has 4 nitrogen and oxygen atoms in total. The molecule has 0 fully saturated rings. The molecule has 0 saturated carbocycles. The third-order valence-electron chi connectivity index (χ3n) is 2.87. The van der Waals surface area contributed by atoms with Gasteiger partial charge in [-0.1, -0.05) is 11.6 Å². The first kappa shape index (κ1) is 14.2. The van der Waals surface area contributed by atoms with Crippen LogP contribution in [-0.4, -0.2) is 16.9 Å². The van der Waals surface area contributed by atoms with Gasteiger partial charge >= 0.3 is 0 Å². The first-order valence-electron chi connectivity index (χ1n) is 5.78. The molecule has 19 heavy (non-hydrogen) atoms. The van der Waals surface area contributed by atoms with E-state index in [1.807, 2.05) is 32.2 Å². The van der Waals surface area contributed by atoms with E-state index in [0.29, 0.717) is 11.6 Å². The summed E-state index contributed by atoms with van der Waals surface area (Å²) < 4.78 is 7.90. The van der Waals surface area contributed by atoms with E-state index in [2.05, 4.69) is 26.3 Å². The van der Waals surface area contributed by atoms with Gasteiger partial charge in [0.25, 0.3) is 0 Å². The predicted octanol–water partition coefficient (Wildman–Crippen LogP) is 3.77. The Balaban J connectivity index is 2.12. The molecular weight excluding hydrogens is 330 g/mol. The Morgan fingerprint density at radius 3 is 2.74 bits per heavy atom. The molecule has 102 valence electrons. The van der Waals surface area contributed by atoms with Crippen molar-refractivity contribution in [3.05, 3.63) is 39.1 Å². The van der Waals surface area contributed by atoms with Crippen LogP contribution in [0, 0.1) is 6.92 Å². The summed E-state index contributed by atoms with van der Waals surface area (Å²) >= 11 is 9.66. The van der Waals surface area contributed by atoms with Gasteiger partial charge in [0.15, 0.2) is 0 Å². The predicted molar refractivity (Wildman–Crippen MR) is 81.0 cm³/mol. The molecule has 0 aliphatic carbocycles. The van der Waals surface area contributed by atoms with Crippen LogP contribution in [0.3, 0.4) is 0 Å². The lowest BCUT2D eigenvalue weighted by Crippen LogP contribution is -2.06. The number of nitrogens with one attached hydrogen (secondary N) is 1. The average Bonchev–Trinajstić information content (AvgIpc) is 2.61. The smallest absolute Gasteiger partial charge is 0.133 e. The van der Waals surface area contributed by atoms with E-state index in [1.54, 1.807) is 11.8 Å². The monoisotopic (exact) mass is 343 g/mol. The second-order valence-electron chi connectivity index (χ2n) is 4.17. The summed E-state index contributed by atoms with van der Waals surface area (Å²) in [5.74, 6) is 0.806. The van der Waals surface area contributed by atoms with Gasteiger partial charge in [-0.3, -0.25) is 4.68 Å². The normalized spacial score (nSPS) is 10.6. The summed E-state index contributed by atoms with van der Waals surface area (Å²) in [6.07, 6.45) is 0. The van der Waals surface area contributed by atoms with Gasteiger partial charge in [0, 0.05) is 12.7 Å². The largest absolute Gasteiger partial charge is 0.496 e. The highest BCUT2D eigenvalue weighted by Gasteiger charge is 2.10. The Morgan fingerprint density at radius 2 is 2.21 bits per heavy atom. The molecule has 0 atom stereocenters. The molecule has 1 heterocycles. The second kappa shape index (κ2) is 5.84. The number of rotatable bonds is 4. The highest BCUT2D eigenvalue weighted by atomic mass is 79.9. The van der Waals surface area contributed by atoms with Gasteiger partial charge in [-0.15, -0.1) is 0 Å². The zero-order chi connectivity index (χ0) is 14.0. The minimum Gasteiger partial charge on any atom is -0.496 e. The number of methoxy groups -OCH3 is 1. The van der Waals surface area contributed by atoms with Crippen LogP contribution in [-0.2, 0) is 13.6 Å². The number of hydrogen-bond donors (Lipinski definition) is 1. The molecular formula is C13H15BrClN3O. The van der Waals surface area contributed by atoms with Crippen molar-refractivity contribution in [1.82, 2.24) is 9.78 Å². The van der Waals surface area contributed by atoms with Crippen LogP contribution >= 0.6 is 27.5 Å². The minimum absolute atomic E-state index is 0.620. The molecule has 0 aliphatic heterocycles. The van der Waals surface area contributed by atoms with Gasteiger partial charge in [0.2, 0.25) is 0 Å². The maximum Gasteiger partial charge on any atom is 0.133 e. The Kier molecular flexibility index (Phi) is 4.37. The van der Waals surface area contributed by atoms with Crippen molar-refractivity contribution < 1.29 is 4.74 Å². The number of halogens is 2. The number of benzene rings is 1. The molecule has 2 rings (SSSR count). The fourth-order valence-electron chi connectivity index (χ4n) is 1.83. The highest BCUT2D eigenvalue weighted by Crippen LogP contribution is 2.28. The van der Waals surface area contributed by atoms with Crippen LogP contribution in [0.1, 0.15) is 11.4 Å². The van der Waals surface area contributed by atoms with E-state index in [0.717, 1.165) is 27.3 Å². The number of ether oxygens (including phenoxy) is 1. The second-order valence-corrected chi connectivity index (χ2v) is 5.40. The van der Waals surface area contributed by atoms with Crippen LogP contribution in [0.15, 0.2) is 22.7 Å². The Labute approximate surface area is 125 Å². The van der Waals surface area contributed by atoms with Crippen molar-refractivity contribution in [2.24, 2.45) is 7.05 Å². The molecule has 1 N–H and O–H groups in total. The summed E-state index contributed by atoms with van der Waals surface area (Å²) in [6, 6.07) is 5.83. The van der Waals surface area contributed by atoms with Gasteiger partial charge in [-0.2, -0.15) is 5.10 Å². The topological polar surface area (TPSA) is 39.1 Å². The Morgan fingerprint density at radius 1 is 1.47 bits per heavy atom. The maximum atomic E-state index is 6.21. The zero-order valence-electron chi connectivity index (χ0n) is 11.0. The summed E-state index contributed by atoms with van der Waals surface area (Å²) in [7, 11) is 3.53. The highest BCUT2D eigenvalue weighted by molar-refractivity contribution is 9.10. The molecule has 1 aromatic heterocycles. The molecule has 2 aromatic rings. The first-order valence-corrected chi connectivity index (χ1v) is 6.95. The third kappa shape index (κ3) is 3.04. The van der Waals surface area contributed by atoms with E-state index < -0.39 is 0 Å². The van der Waals surface area contributed by atoms with Gasteiger partial charge in [0.1, 0.15) is 5.75 Å². The fourth-order valence-corrected chi connectivity index (χ4v) is 2.60. The first-order chi connectivity index (χ1) is 9.02. The van der Waals surface area contributed by atoms with Crippen molar-refractivity contribution in [2.45, 2.75) is 13.5 Å². The Bertz CT molecular complexity index is 598. The molecule has 0 spiro atoms. The fraction of sp³-hybridized carbons (Fsp3) is 0.308. The maximum absolute atomic E-state index is 6.21. The van der Waals surface area contributed by atoms with Crippen LogP contribution in [0.4, 0.5) is 5.69 Å².